The van der Waals surface area contributed by atoms with Crippen LogP contribution in [0.2, 0.25) is 0 Å². The summed E-state index contributed by atoms with van der Waals surface area (Å²) in [6.07, 6.45) is 7.01. The Labute approximate surface area is 131 Å². The van der Waals surface area contributed by atoms with Crippen LogP contribution in [0, 0.1) is 5.92 Å². The van der Waals surface area contributed by atoms with Crippen molar-refractivity contribution in [3.63, 3.8) is 0 Å². The van der Waals surface area contributed by atoms with E-state index in [4.69, 9.17) is 0 Å². The van der Waals surface area contributed by atoms with Crippen LogP contribution >= 0.6 is 0 Å². The summed E-state index contributed by atoms with van der Waals surface area (Å²) in [5, 5.41) is 6.94. The summed E-state index contributed by atoms with van der Waals surface area (Å²) in [7, 11) is 0. The second-order valence-electron chi connectivity index (χ2n) is 5.76. The molecule has 1 aliphatic heterocycles. The van der Waals surface area contributed by atoms with Gasteiger partial charge in [-0.15, -0.1) is 0 Å². The highest BCUT2D eigenvalue weighted by atomic mass is 15.0. The quantitative estimate of drug-likeness (QED) is 0.888. The molecule has 0 radical (unpaired) electrons. The lowest BCUT2D eigenvalue weighted by molar-refractivity contribution is 0.392. The summed E-state index contributed by atoms with van der Waals surface area (Å²) < 4.78 is 0. The SMILES string of the molecule is CCc1cc(NCC2CCCNC2)nc(-c2cccnc2)n1. The lowest BCUT2D eigenvalue weighted by Crippen LogP contribution is -2.33. The molecular weight excluding hydrogens is 274 g/mol. The molecule has 1 fully saturated rings. The van der Waals surface area contributed by atoms with Gasteiger partial charge in [0.1, 0.15) is 5.82 Å². The van der Waals surface area contributed by atoms with Gasteiger partial charge in [0.2, 0.25) is 0 Å². The highest BCUT2D eigenvalue weighted by Crippen LogP contribution is 2.18. The van der Waals surface area contributed by atoms with Crippen molar-refractivity contribution in [1.29, 1.82) is 0 Å². The van der Waals surface area contributed by atoms with E-state index in [0.717, 1.165) is 49.0 Å². The number of anilines is 1. The van der Waals surface area contributed by atoms with Gasteiger partial charge in [0, 0.05) is 36.3 Å². The van der Waals surface area contributed by atoms with E-state index >= 15 is 0 Å². The van der Waals surface area contributed by atoms with Gasteiger partial charge in [-0.2, -0.15) is 0 Å². The maximum Gasteiger partial charge on any atom is 0.163 e. The number of nitrogens with zero attached hydrogens (tertiary/aromatic N) is 3. The molecule has 2 N–H and O–H groups in total. The molecule has 5 heteroatoms. The zero-order valence-electron chi connectivity index (χ0n) is 13.0. The van der Waals surface area contributed by atoms with Crippen LogP contribution in [0.5, 0.6) is 0 Å². The van der Waals surface area contributed by atoms with E-state index < -0.39 is 0 Å². The van der Waals surface area contributed by atoms with E-state index in [-0.39, 0.29) is 0 Å². The first kappa shape index (κ1) is 14.9. The maximum atomic E-state index is 4.65. The van der Waals surface area contributed by atoms with Gasteiger partial charge in [-0.25, -0.2) is 9.97 Å². The standard InChI is InChI=1S/C17H23N5/c1-2-15-9-16(20-11-13-5-3-7-18-10-13)22-17(21-15)14-6-4-8-19-12-14/h4,6,8-9,12-13,18H,2-3,5,7,10-11H2,1H3,(H,20,21,22). The molecular formula is C17H23N5. The number of pyridine rings is 1. The summed E-state index contributed by atoms with van der Waals surface area (Å²) in [6.45, 7) is 5.31. The van der Waals surface area contributed by atoms with Gasteiger partial charge in [-0.1, -0.05) is 6.92 Å². The van der Waals surface area contributed by atoms with Gasteiger partial charge in [-0.05, 0) is 50.4 Å². The van der Waals surface area contributed by atoms with Gasteiger partial charge in [0.05, 0.1) is 0 Å². The van der Waals surface area contributed by atoms with Crippen LogP contribution in [0.4, 0.5) is 5.82 Å². The van der Waals surface area contributed by atoms with E-state index in [9.17, 15) is 0 Å². The number of aryl methyl sites for hydroxylation is 1. The predicted molar refractivity (Wildman–Crippen MR) is 88.7 cm³/mol. The van der Waals surface area contributed by atoms with Crippen LogP contribution in [0.3, 0.4) is 0 Å². The molecule has 3 heterocycles. The van der Waals surface area contributed by atoms with Crippen LogP contribution < -0.4 is 10.6 Å². The summed E-state index contributed by atoms with van der Waals surface area (Å²) in [6, 6.07) is 5.96. The van der Waals surface area contributed by atoms with Crippen molar-refractivity contribution in [2.24, 2.45) is 5.92 Å². The highest BCUT2D eigenvalue weighted by molar-refractivity contribution is 5.56. The van der Waals surface area contributed by atoms with Crippen molar-refractivity contribution >= 4 is 5.82 Å². The Morgan fingerprint density at radius 1 is 1.36 bits per heavy atom. The van der Waals surface area contributed by atoms with E-state index in [2.05, 4.69) is 38.6 Å². The van der Waals surface area contributed by atoms with Crippen molar-refractivity contribution in [2.75, 3.05) is 25.0 Å². The largest absolute Gasteiger partial charge is 0.370 e. The molecule has 0 spiro atoms. The predicted octanol–water partition coefficient (Wildman–Crippen LogP) is 2.51. The fourth-order valence-corrected chi connectivity index (χ4v) is 2.74. The summed E-state index contributed by atoms with van der Waals surface area (Å²) >= 11 is 0. The van der Waals surface area contributed by atoms with Crippen LogP contribution in [0.1, 0.15) is 25.5 Å². The highest BCUT2D eigenvalue weighted by Gasteiger charge is 2.13. The molecule has 1 atom stereocenters. The number of piperidine rings is 1. The van der Waals surface area contributed by atoms with Crippen LogP contribution in [-0.2, 0) is 6.42 Å². The molecule has 22 heavy (non-hydrogen) atoms. The van der Waals surface area contributed by atoms with E-state index in [1.54, 1.807) is 6.20 Å². The molecule has 1 aliphatic rings. The molecule has 1 unspecified atom stereocenters. The minimum atomic E-state index is 0.677. The average molecular weight is 297 g/mol. The fraction of sp³-hybridized carbons (Fsp3) is 0.471. The van der Waals surface area contributed by atoms with Crippen molar-refractivity contribution in [3.05, 3.63) is 36.3 Å². The van der Waals surface area contributed by atoms with Crippen LogP contribution in [0.25, 0.3) is 11.4 Å². The Bertz CT molecular complexity index is 593. The fourth-order valence-electron chi connectivity index (χ4n) is 2.74. The molecule has 0 amide bonds. The molecule has 2 aromatic heterocycles. The van der Waals surface area contributed by atoms with Gasteiger partial charge < -0.3 is 10.6 Å². The normalized spacial score (nSPS) is 18.1. The Kier molecular flexibility index (Phi) is 4.96. The third kappa shape index (κ3) is 3.80. The molecule has 5 nitrogen and oxygen atoms in total. The number of hydrogen-bond acceptors (Lipinski definition) is 5. The molecule has 116 valence electrons. The Balaban J connectivity index is 1.75. The molecule has 1 saturated heterocycles. The second kappa shape index (κ2) is 7.31. The number of rotatable bonds is 5. The average Bonchev–Trinajstić information content (AvgIpc) is 2.61. The number of aromatic nitrogens is 3. The Morgan fingerprint density at radius 3 is 3.05 bits per heavy atom. The number of hydrogen-bond donors (Lipinski definition) is 2. The van der Waals surface area contributed by atoms with Gasteiger partial charge in [0.15, 0.2) is 5.82 Å². The Hall–Kier alpha value is -2.01. The van der Waals surface area contributed by atoms with Crippen molar-refractivity contribution in [1.82, 2.24) is 20.3 Å². The maximum absolute atomic E-state index is 4.65. The topological polar surface area (TPSA) is 62.7 Å². The molecule has 0 aromatic carbocycles. The van der Waals surface area contributed by atoms with Crippen LogP contribution in [0.15, 0.2) is 30.6 Å². The first-order valence-electron chi connectivity index (χ1n) is 8.08. The van der Waals surface area contributed by atoms with E-state index in [1.807, 2.05) is 18.3 Å². The molecule has 3 rings (SSSR count). The van der Waals surface area contributed by atoms with E-state index in [0.29, 0.717) is 5.92 Å². The monoisotopic (exact) mass is 297 g/mol. The first-order chi connectivity index (χ1) is 10.8. The lowest BCUT2D eigenvalue weighted by atomic mass is 10.00. The minimum Gasteiger partial charge on any atom is -0.370 e. The van der Waals surface area contributed by atoms with Crippen molar-refractivity contribution in [3.8, 4) is 11.4 Å². The third-order valence-electron chi connectivity index (χ3n) is 4.03. The number of nitrogens with one attached hydrogen (secondary N) is 2. The zero-order valence-corrected chi connectivity index (χ0v) is 13.0. The summed E-state index contributed by atoms with van der Waals surface area (Å²) in [5.74, 6) is 2.34. The smallest absolute Gasteiger partial charge is 0.163 e. The van der Waals surface area contributed by atoms with E-state index in [1.165, 1.54) is 12.8 Å². The third-order valence-corrected chi connectivity index (χ3v) is 4.03. The van der Waals surface area contributed by atoms with Gasteiger partial charge in [0.25, 0.3) is 0 Å². The zero-order chi connectivity index (χ0) is 15.2. The molecule has 2 aromatic rings. The van der Waals surface area contributed by atoms with Crippen molar-refractivity contribution < 1.29 is 0 Å². The minimum absolute atomic E-state index is 0.677. The van der Waals surface area contributed by atoms with Crippen molar-refractivity contribution in [2.45, 2.75) is 26.2 Å². The van der Waals surface area contributed by atoms with Gasteiger partial charge in [-0.3, -0.25) is 4.98 Å². The molecule has 0 bridgehead atoms. The van der Waals surface area contributed by atoms with Gasteiger partial charge >= 0.3 is 0 Å². The second-order valence-corrected chi connectivity index (χ2v) is 5.76. The summed E-state index contributed by atoms with van der Waals surface area (Å²) in [5.41, 5.74) is 2.01. The first-order valence-corrected chi connectivity index (χ1v) is 8.08. The summed E-state index contributed by atoms with van der Waals surface area (Å²) in [4.78, 5) is 13.4. The molecule has 0 aliphatic carbocycles. The lowest BCUT2D eigenvalue weighted by Gasteiger charge is -2.23. The molecule has 0 saturated carbocycles. The Morgan fingerprint density at radius 2 is 2.32 bits per heavy atom. The van der Waals surface area contributed by atoms with Crippen LogP contribution in [-0.4, -0.2) is 34.6 Å².